The summed E-state index contributed by atoms with van der Waals surface area (Å²) in [5.74, 6) is -1.65. The highest BCUT2D eigenvalue weighted by atomic mass is 16.6. The van der Waals surface area contributed by atoms with Gasteiger partial charge in [-0.2, -0.15) is 5.26 Å². The van der Waals surface area contributed by atoms with Crippen LogP contribution in [0.4, 0.5) is 10.5 Å². The zero-order valence-corrected chi connectivity index (χ0v) is 22.5. The van der Waals surface area contributed by atoms with Crippen LogP contribution in [0.3, 0.4) is 0 Å². The Bertz CT molecular complexity index is 1120. The third-order valence-electron chi connectivity index (χ3n) is 6.48. The number of hydrogen-bond donors (Lipinski definition) is 4. The average Bonchev–Trinajstić information content (AvgIpc) is 3.41. The van der Waals surface area contributed by atoms with Gasteiger partial charge < -0.3 is 25.8 Å². The number of anilines is 1. The van der Waals surface area contributed by atoms with Crippen molar-refractivity contribution in [2.24, 2.45) is 11.8 Å². The number of nitrogens with zero attached hydrogens (tertiary/aromatic N) is 2. The lowest BCUT2D eigenvalue weighted by atomic mass is 9.98. The number of nitriles is 1. The van der Waals surface area contributed by atoms with E-state index < -0.39 is 41.6 Å². The molecule has 4 atom stereocenters. The molecule has 1 aromatic carbocycles. The highest BCUT2D eigenvalue weighted by molar-refractivity contribution is 6.02. The Hall–Kier alpha value is -3.81. The van der Waals surface area contributed by atoms with Gasteiger partial charge in [0.1, 0.15) is 29.5 Å². The van der Waals surface area contributed by atoms with E-state index in [9.17, 15) is 29.5 Å². The molecule has 0 saturated carbocycles. The summed E-state index contributed by atoms with van der Waals surface area (Å²) >= 11 is 0. The van der Waals surface area contributed by atoms with Gasteiger partial charge in [-0.15, -0.1) is 0 Å². The summed E-state index contributed by atoms with van der Waals surface area (Å²) in [5, 5.41) is 28.1. The Balaban J connectivity index is 1.79. The molecule has 2 aliphatic heterocycles. The number of hydrogen-bond acceptors (Lipinski definition) is 7. The first-order valence-corrected chi connectivity index (χ1v) is 12.9. The Morgan fingerprint density at radius 3 is 2.55 bits per heavy atom. The molecule has 0 aromatic heterocycles. The molecule has 0 aliphatic carbocycles. The second-order valence-corrected chi connectivity index (χ2v) is 11.2. The standard InChI is InChI=1S/C27H37N5O6/c1-15(2)11-19(24(35)30-17(14-28)12-16-9-10-29-23(16)34)31-25(36)21-13-18-20(7-6-8-22(18)33)32(21)26(37)38-27(3,4)5/h6-8,15-17,19,21,33H,9-13H2,1-5H3,(H,29,34)(H,30,35)(H,31,36)/t16?,17?,19-,21?/m0/s1. The molecule has 0 bridgehead atoms. The predicted octanol–water partition coefficient (Wildman–Crippen LogP) is 2.12. The summed E-state index contributed by atoms with van der Waals surface area (Å²) in [6, 6.07) is 3.80. The van der Waals surface area contributed by atoms with Gasteiger partial charge in [-0.05, 0) is 58.1 Å². The Kier molecular flexibility index (Phi) is 8.86. The topological polar surface area (TPSA) is 161 Å². The molecule has 1 aromatic rings. The highest BCUT2D eigenvalue weighted by Gasteiger charge is 2.43. The predicted molar refractivity (Wildman–Crippen MR) is 139 cm³/mol. The number of aromatic hydroxyl groups is 1. The lowest BCUT2D eigenvalue weighted by Gasteiger charge is -2.30. The quantitative estimate of drug-likeness (QED) is 0.403. The van der Waals surface area contributed by atoms with Crippen molar-refractivity contribution in [2.75, 3.05) is 11.4 Å². The van der Waals surface area contributed by atoms with Crippen LogP contribution in [-0.2, 0) is 25.5 Å². The van der Waals surface area contributed by atoms with Crippen LogP contribution >= 0.6 is 0 Å². The SMILES string of the molecule is CC(C)C[C@H](NC(=O)C1Cc2c(O)cccc2N1C(=O)OC(C)(C)C)C(=O)NC(C#N)CC1CCNC1=O. The van der Waals surface area contributed by atoms with E-state index >= 15 is 0 Å². The van der Waals surface area contributed by atoms with Gasteiger partial charge in [-0.1, -0.05) is 19.9 Å². The van der Waals surface area contributed by atoms with Gasteiger partial charge in [-0.25, -0.2) is 4.79 Å². The molecular weight excluding hydrogens is 490 g/mol. The lowest BCUT2D eigenvalue weighted by Crippen LogP contribution is -2.56. The van der Waals surface area contributed by atoms with Crippen LogP contribution in [0, 0.1) is 23.2 Å². The number of phenols is 1. The molecule has 4 N–H and O–H groups in total. The molecule has 1 fully saturated rings. The van der Waals surface area contributed by atoms with E-state index in [4.69, 9.17) is 4.74 Å². The lowest BCUT2D eigenvalue weighted by molar-refractivity contribution is -0.130. The van der Waals surface area contributed by atoms with E-state index in [1.54, 1.807) is 32.9 Å². The number of phenolic OH excluding ortho intramolecular Hbond substituents is 1. The van der Waals surface area contributed by atoms with Crippen LogP contribution in [0.2, 0.25) is 0 Å². The van der Waals surface area contributed by atoms with Crippen LogP contribution in [0.5, 0.6) is 5.75 Å². The van der Waals surface area contributed by atoms with Crippen LogP contribution in [-0.4, -0.2) is 59.2 Å². The van der Waals surface area contributed by atoms with E-state index in [1.807, 2.05) is 19.9 Å². The number of amides is 4. The highest BCUT2D eigenvalue weighted by Crippen LogP contribution is 2.38. The minimum Gasteiger partial charge on any atom is -0.508 e. The van der Waals surface area contributed by atoms with Crippen molar-refractivity contribution in [2.45, 2.75) is 84.0 Å². The molecule has 4 amide bonds. The smallest absolute Gasteiger partial charge is 0.415 e. The molecule has 0 radical (unpaired) electrons. The number of rotatable bonds is 8. The first-order chi connectivity index (χ1) is 17.8. The number of carbonyl (C=O) groups is 4. The average molecular weight is 528 g/mol. The van der Waals surface area contributed by atoms with Gasteiger partial charge in [0, 0.05) is 24.4 Å². The van der Waals surface area contributed by atoms with Crippen molar-refractivity contribution in [3.05, 3.63) is 23.8 Å². The van der Waals surface area contributed by atoms with Gasteiger partial charge >= 0.3 is 6.09 Å². The summed E-state index contributed by atoms with van der Waals surface area (Å²) < 4.78 is 5.53. The van der Waals surface area contributed by atoms with Gasteiger partial charge in [0.05, 0.1) is 11.8 Å². The Morgan fingerprint density at radius 1 is 1.26 bits per heavy atom. The van der Waals surface area contributed by atoms with E-state index in [0.29, 0.717) is 24.2 Å². The van der Waals surface area contributed by atoms with Crippen molar-refractivity contribution in [1.29, 1.82) is 5.26 Å². The summed E-state index contributed by atoms with van der Waals surface area (Å²) in [6.45, 7) is 9.46. The molecule has 3 rings (SSSR count). The van der Waals surface area contributed by atoms with Gasteiger partial charge in [0.2, 0.25) is 17.7 Å². The van der Waals surface area contributed by atoms with Crippen molar-refractivity contribution < 1.29 is 29.0 Å². The zero-order chi connectivity index (χ0) is 28.2. The Labute approximate surface area is 222 Å². The second-order valence-electron chi connectivity index (χ2n) is 11.2. The van der Waals surface area contributed by atoms with Crippen LogP contribution in [0.15, 0.2) is 18.2 Å². The molecule has 11 heteroatoms. The van der Waals surface area contributed by atoms with E-state index in [0.717, 1.165) is 0 Å². The Morgan fingerprint density at radius 2 is 1.97 bits per heavy atom. The third kappa shape index (κ3) is 6.94. The summed E-state index contributed by atoms with van der Waals surface area (Å²) in [6.07, 6.45) is 0.359. The fourth-order valence-corrected chi connectivity index (χ4v) is 4.74. The van der Waals surface area contributed by atoms with Crippen molar-refractivity contribution in [3.8, 4) is 11.8 Å². The first-order valence-electron chi connectivity index (χ1n) is 12.9. The largest absolute Gasteiger partial charge is 0.508 e. The minimum atomic E-state index is -1.05. The fourth-order valence-electron chi connectivity index (χ4n) is 4.74. The summed E-state index contributed by atoms with van der Waals surface area (Å²) in [5.41, 5.74) is -0.0216. The molecule has 2 aliphatic rings. The normalized spacial score (nSPS) is 20.2. The molecule has 2 heterocycles. The van der Waals surface area contributed by atoms with Gasteiger partial charge in [-0.3, -0.25) is 19.3 Å². The molecule has 38 heavy (non-hydrogen) atoms. The summed E-state index contributed by atoms with van der Waals surface area (Å²) in [7, 11) is 0. The second kappa shape index (κ2) is 11.7. The summed E-state index contributed by atoms with van der Waals surface area (Å²) in [4.78, 5) is 53.0. The molecule has 206 valence electrons. The molecule has 3 unspecified atom stereocenters. The molecular formula is C27H37N5O6. The van der Waals surface area contributed by atoms with Gasteiger partial charge in [0.15, 0.2) is 0 Å². The third-order valence-corrected chi connectivity index (χ3v) is 6.48. The zero-order valence-electron chi connectivity index (χ0n) is 22.5. The maximum absolute atomic E-state index is 13.5. The number of benzene rings is 1. The van der Waals surface area contributed by atoms with Crippen LogP contribution in [0.1, 0.15) is 59.4 Å². The van der Waals surface area contributed by atoms with Gasteiger partial charge in [0.25, 0.3) is 0 Å². The van der Waals surface area contributed by atoms with Crippen molar-refractivity contribution in [1.82, 2.24) is 16.0 Å². The first kappa shape index (κ1) is 28.8. The van der Waals surface area contributed by atoms with E-state index in [2.05, 4.69) is 16.0 Å². The molecule has 0 spiro atoms. The number of carbonyl (C=O) groups excluding carboxylic acids is 4. The number of nitrogens with one attached hydrogen (secondary N) is 3. The van der Waals surface area contributed by atoms with Crippen LogP contribution in [0.25, 0.3) is 0 Å². The van der Waals surface area contributed by atoms with Crippen LogP contribution < -0.4 is 20.9 Å². The number of ether oxygens (including phenoxy) is 1. The van der Waals surface area contributed by atoms with E-state index in [1.165, 1.54) is 11.0 Å². The fraction of sp³-hybridized carbons (Fsp3) is 0.593. The molecule has 1 saturated heterocycles. The van der Waals surface area contributed by atoms with Crippen molar-refractivity contribution in [3.63, 3.8) is 0 Å². The maximum Gasteiger partial charge on any atom is 0.415 e. The van der Waals surface area contributed by atoms with E-state index in [-0.39, 0.29) is 42.8 Å². The minimum absolute atomic E-state index is 0.0268. The van der Waals surface area contributed by atoms with Crippen molar-refractivity contribution >= 4 is 29.5 Å². The maximum atomic E-state index is 13.5. The monoisotopic (exact) mass is 527 g/mol. The number of fused-ring (bicyclic) bond motifs is 1. The molecule has 11 nitrogen and oxygen atoms in total.